The second-order valence-corrected chi connectivity index (χ2v) is 1.64. The van der Waals surface area contributed by atoms with Crippen LogP contribution in [0.5, 0.6) is 0 Å². The molecule has 0 aromatic carbocycles. The zero-order valence-corrected chi connectivity index (χ0v) is 7.63. The number of hydrogen-bond acceptors (Lipinski definition) is 2. The number of hydrogen-bond donors (Lipinski definition) is 2. The summed E-state index contributed by atoms with van der Waals surface area (Å²) in [5, 5.41) is 0. The van der Waals surface area contributed by atoms with Gasteiger partial charge in [0.1, 0.15) is 0 Å². The van der Waals surface area contributed by atoms with Gasteiger partial charge in [0.2, 0.25) is 0 Å². The molecular weight excluding hydrogens is 152 g/mol. The predicted molar refractivity (Wildman–Crippen MR) is 52.1 cm³/mol. The van der Waals surface area contributed by atoms with Crippen LogP contribution in [-0.4, -0.2) is 5.91 Å². The molecule has 0 heterocycles. The van der Waals surface area contributed by atoms with Gasteiger partial charge in [-0.15, -0.1) is 0 Å². The van der Waals surface area contributed by atoms with Crippen molar-refractivity contribution in [2.45, 2.75) is 13.8 Å². The van der Waals surface area contributed by atoms with Crippen molar-refractivity contribution >= 4 is 5.91 Å². The largest absolute Gasteiger partial charge is 0.398 e. The maximum Gasteiger partial charge on any atom is 0.250 e. The average Bonchev–Trinajstić information content (AvgIpc) is 2.08. The highest BCUT2D eigenvalue weighted by Crippen LogP contribution is 1.98. The Kier molecular flexibility index (Phi) is 8.30. The average molecular weight is 168 g/mol. The van der Waals surface area contributed by atoms with Crippen LogP contribution in [0.2, 0.25) is 0 Å². The lowest BCUT2D eigenvalue weighted by Gasteiger charge is -1.97. The molecule has 0 bridgehead atoms. The highest BCUT2D eigenvalue weighted by Gasteiger charge is 2.01. The number of carbonyl (C=O) groups excluding carboxylic acids is 1. The Bertz CT molecular complexity index is 205. The van der Waals surface area contributed by atoms with Gasteiger partial charge in [0.15, 0.2) is 0 Å². The number of amides is 1. The molecular formula is C9H16N2O. The molecule has 0 aromatic rings. The first kappa shape index (κ1) is 13.1. The maximum atomic E-state index is 10.5. The summed E-state index contributed by atoms with van der Waals surface area (Å²) >= 11 is 0. The molecule has 3 heteroatoms. The van der Waals surface area contributed by atoms with Gasteiger partial charge in [0.25, 0.3) is 5.91 Å². The number of carbonyl (C=O) groups is 1. The van der Waals surface area contributed by atoms with E-state index in [-0.39, 0.29) is 11.3 Å². The van der Waals surface area contributed by atoms with Gasteiger partial charge in [-0.1, -0.05) is 33.1 Å². The summed E-state index contributed by atoms with van der Waals surface area (Å²) in [6.07, 6.45) is 2.65. The van der Waals surface area contributed by atoms with Gasteiger partial charge in [0.05, 0.1) is 5.57 Å². The van der Waals surface area contributed by atoms with Crippen molar-refractivity contribution in [3.63, 3.8) is 0 Å². The van der Waals surface area contributed by atoms with Gasteiger partial charge in [-0.25, -0.2) is 0 Å². The molecule has 4 N–H and O–H groups in total. The van der Waals surface area contributed by atoms with E-state index in [2.05, 4.69) is 13.2 Å². The third kappa shape index (κ3) is 4.33. The lowest BCUT2D eigenvalue weighted by atomic mass is 10.2. The van der Waals surface area contributed by atoms with Crippen LogP contribution in [0.4, 0.5) is 0 Å². The van der Waals surface area contributed by atoms with Crippen molar-refractivity contribution in [3.05, 3.63) is 36.6 Å². The third-order valence-corrected chi connectivity index (χ3v) is 1.00. The lowest BCUT2D eigenvalue weighted by molar-refractivity contribution is -0.114. The first-order valence-electron chi connectivity index (χ1n) is 3.68. The van der Waals surface area contributed by atoms with E-state index in [9.17, 15) is 4.79 Å². The van der Waals surface area contributed by atoms with Crippen LogP contribution in [0.1, 0.15) is 13.8 Å². The van der Waals surface area contributed by atoms with Crippen molar-refractivity contribution in [1.29, 1.82) is 0 Å². The molecule has 0 aromatic heterocycles. The van der Waals surface area contributed by atoms with Crippen LogP contribution in [0.3, 0.4) is 0 Å². The molecule has 0 saturated carbocycles. The maximum absolute atomic E-state index is 10.5. The van der Waals surface area contributed by atoms with Crippen molar-refractivity contribution < 1.29 is 4.79 Å². The van der Waals surface area contributed by atoms with Gasteiger partial charge in [-0.05, 0) is 6.08 Å². The monoisotopic (exact) mass is 168 g/mol. The quantitative estimate of drug-likeness (QED) is 0.489. The van der Waals surface area contributed by atoms with E-state index < -0.39 is 5.91 Å². The molecule has 0 atom stereocenters. The number of rotatable bonds is 3. The molecule has 0 spiro atoms. The van der Waals surface area contributed by atoms with Crippen LogP contribution in [0.15, 0.2) is 36.6 Å². The van der Waals surface area contributed by atoms with Crippen molar-refractivity contribution in [2.24, 2.45) is 11.5 Å². The van der Waals surface area contributed by atoms with E-state index in [1.54, 1.807) is 0 Å². The minimum atomic E-state index is -0.590. The smallest absolute Gasteiger partial charge is 0.250 e. The predicted octanol–water partition coefficient (Wildman–Crippen LogP) is 1.08. The summed E-state index contributed by atoms with van der Waals surface area (Å²) in [6, 6.07) is 0. The molecule has 12 heavy (non-hydrogen) atoms. The lowest BCUT2D eigenvalue weighted by Crippen LogP contribution is -2.16. The van der Waals surface area contributed by atoms with Gasteiger partial charge in [-0.3, -0.25) is 4.79 Å². The first-order valence-corrected chi connectivity index (χ1v) is 3.68. The second kappa shape index (κ2) is 7.60. The van der Waals surface area contributed by atoms with Crippen LogP contribution >= 0.6 is 0 Å². The molecule has 68 valence electrons. The SMILES string of the molecule is C=C/C(N)=C(\C=C)C(N)=O.CC. The Labute approximate surface area is 73.4 Å². The fourth-order valence-corrected chi connectivity index (χ4v) is 0.471. The molecule has 0 fully saturated rings. The Morgan fingerprint density at radius 1 is 1.17 bits per heavy atom. The number of nitrogens with two attached hydrogens (primary N) is 2. The van der Waals surface area contributed by atoms with E-state index in [0.29, 0.717) is 0 Å². The zero-order valence-electron chi connectivity index (χ0n) is 7.63. The van der Waals surface area contributed by atoms with Crippen LogP contribution in [-0.2, 0) is 4.79 Å². The normalized spacial score (nSPS) is 10.2. The molecule has 0 aliphatic heterocycles. The standard InChI is InChI=1S/C7H10N2O.C2H6/c1-3-5(7(9)10)6(8)4-2;1-2/h3-4H,1-2,8H2,(H2,9,10);1-2H3/b6-5-;. The minimum Gasteiger partial charge on any atom is -0.398 e. The molecule has 3 nitrogen and oxygen atoms in total. The fourth-order valence-electron chi connectivity index (χ4n) is 0.471. The van der Waals surface area contributed by atoms with E-state index in [1.807, 2.05) is 13.8 Å². The molecule has 0 rings (SSSR count). The molecule has 0 aliphatic rings. The van der Waals surface area contributed by atoms with Gasteiger partial charge in [0, 0.05) is 5.70 Å². The minimum absolute atomic E-state index is 0.204. The third-order valence-electron chi connectivity index (χ3n) is 1.00. The number of primary amides is 1. The Hall–Kier alpha value is -1.51. The van der Waals surface area contributed by atoms with E-state index in [4.69, 9.17) is 11.5 Å². The van der Waals surface area contributed by atoms with Crippen LogP contribution < -0.4 is 11.5 Å². The number of allylic oxidation sites excluding steroid dienone is 1. The summed E-state index contributed by atoms with van der Waals surface area (Å²) in [5.74, 6) is -0.590. The zero-order chi connectivity index (χ0) is 10.1. The summed E-state index contributed by atoms with van der Waals surface area (Å²) in [4.78, 5) is 10.5. The van der Waals surface area contributed by atoms with Crippen molar-refractivity contribution in [1.82, 2.24) is 0 Å². The fraction of sp³-hybridized carbons (Fsp3) is 0.222. The Morgan fingerprint density at radius 2 is 1.58 bits per heavy atom. The molecule has 0 saturated heterocycles. The molecule has 0 radical (unpaired) electrons. The second-order valence-electron chi connectivity index (χ2n) is 1.64. The van der Waals surface area contributed by atoms with Gasteiger partial charge >= 0.3 is 0 Å². The summed E-state index contributed by atoms with van der Waals surface area (Å²) < 4.78 is 0. The Morgan fingerprint density at radius 3 is 1.67 bits per heavy atom. The van der Waals surface area contributed by atoms with Gasteiger partial charge in [-0.2, -0.15) is 0 Å². The summed E-state index contributed by atoms with van der Waals surface area (Å²) in [7, 11) is 0. The summed E-state index contributed by atoms with van der Waals surface area (Å²) in [5.41, 5.74) is 10.7. The van der Waals surface area contributed by atoms with E-state index >= 15 is 0 Å². The first-order chi connectivity index (χ1) is 5.63. The van der Waals surface area contributed by atoms with E-state index in [0.717, 1.165) is 0 Å². The van der Waals surface area contributed by atoms with Gasteiger partial charge < -0.3 is 11.5 Å². The Balaban J connectivity index is 0. The van der Waals surface area contributed by atoms with Crippen LogP contribution in [0, 0.1) is 0 Å². The van der Waals surface area contributed by atoms with Crippen LogP contribution in [0.25, 0.3) is 0 Å². The molecule has 0 aliphatic carbocycles. The topological polar surface area (TPSA) is 69.1 Å². The molecule has 1 amide bonds. The van der Waals surface area contributed by atoms with Crippen molar-refractivity contribution in [3.8, 4) is 0 Å². The highest BCUT2D eigenvalue weighted by molar-refractivity contribution is 5.95. The van der Waals surface area contributed by atoms with E-state index in [1.165, 1.54) is 12.2 Å². The summed E-state index contributed by atoms with van der Waals surface area (Å²) in [6.45, 7) is 10.7. The van der Waals surface area contributed by atoms with Crippen molar-refractivity contribution in [2.75, 3.05) is 0 Å². The highest BCUT2D eigenvalue weighted by atomic mass is 16.1. The molecule has 0 unspecified atom stereocenters.